The first-order valence-electron chi connectivity index (χ1n) is 15.4. The summed E-state index contributed by atoms with van der Waals surface area (Å²) in [4.78, 5) is 13.8. The van der Waals surface area contributed by atoms with Crippen molar-refractivity contribution in [1.82, 2.24) is 20.3 Å². The number of halogens is 2. The number of sulfonamides is 1. The van der Waals surface area contributed by atoms with E-state index in [0.717, 1.165) is 45.2 Å². The van der Waals surface area contributed by atoms with Crippen molar-refractivity contribution in [1.29, 1.82) is 0 Å². The van der Waals surface area contributed by atoms with Crippen molar-refractivity contribution >= 4 is 39.3 Å². The van der Waals surface area contributed by atoms with Crippen LogP contribution in [0.3, 0.4) is 0 Å². The number of hydrogen-bond donors (Lipinski definition) is 3. The van der Waals surface area contributed by atoms with Gasteiger partial charge >= 0.3 is 6.03 Å². The average molecular weight is 644 g/mol. The van der Waals surface area contributed by atoms with Gasteiger partial charge in [-0.25, -0.2) is 17.9 Å². The van der Waals surface area contributed by atoms with Crippen LogP contribution in [-0.2, 0) is 24.2 Å². The van der Waals surface area contributed by atoms with Gasteiger partial charge in [-0.3, -0.25) is 0 Å². The van der Waals surface area contributed by atoms with Crippen molar-refractivity contribution in [2.24, 2.45) is 23.7 Å². The Balaban J connectivity index is 1.26. The first kappa shape index (κ1) is 35.1. The fourth-order valence-electron chi connectivity index (χ4n) is 6.73. The first-order valence-corrected chi connectivity index (χ1v) is 17.8. The molecule has 0 spiro atoms. The second-order valence-electron chi connectivity index (χ2n) is 11.8. The summed E-state index contributed by atoms with van der Waals surface area (Å²) in [6.45, 7) is 7.71. The van der Waals surface area contributed by atoms with Gasteiger partial charge in [-0.05, 0) is 62.8 Å². The highest BCUT2D eigenvalue weighted by Gasteiger charge is 2.47. The van der Waals surface area contributed by atoms with Gasteiger partial charge < -0.3 is 29.7 Å². The van der Waals surface area contributed by atoms with Crippen LogP contribution in [0.5, 0.6) is 0 Å². The molecule has 2 saturated carbocycles. The van der Waals surface area contributed by atoms with Gasteiger partial charge in [0, 0.05) is 43.5 Å². The molecule has 1 saturated heterocycles. The summed E-state index contributed by atoms with van der Waals surface area (Å²) in [5, 5.41) is 5.30. The van der Waals surface area contributed by atoms with E-state index >= 15 is 0 Å². The zero-order chi connectivity index (χ0) is 29.7. The second kappa shape index (κ2) is 18.4. The average Bonchev–Trinajstić information content (AvgIpc) is 2.94. The first-order chi connectivity index (χ1) is 19.7. The number of carbonyl (C=O) groups is 1. The van der Waals surface area contributed by atoms with Crippen molar-refractivity contribution < 1.29 is 27.4 Å². The van der Waals surface area contributed by atoms with Crippen LogP contribution in [0.2, 0.25) is 0 Å². The van der Waals surface area contributed by atoms with Gasteiger partial charge in [0.05, 0.1) is 44.9 Å². The van der Waals surface area contributed by atoms with E-state index in [4.69, 9.17) is 37.4 Å². The third-order valence-electron chi connectivity index (χ3n) is 8.69. The molecule has 0 bridgehead atoms. The lowest BCUT2D eigenvalue weighted by Gasteiger charge is -2.51. The Labute approximate surface area is 257 Å². The molecule has 0 radical (unpaired) electrons. The molecule has 1 aliphatic heterocycles. The Morgan fingerprint density at radius 3 is 2.17 bits per heavy atom. The van der Waals surface area contributed by atoms with E-state index < -0.39 is 10.0 Å². The number of piperidine rings is 1. The van der Waals surface area contributed by atoms with Crippen LogP contribution in [0.1, 0.15) is 51.9 Å². The number of likely N-dealkylation sites (tertiary alicyclic amines) is 1. The molecule has 240 valence electrons. The molecule has 2 amide bonds. The molecule has 0 aromatic heterocycles. The van der Waals surface area contributed by atoms with Gasteiger partial charge in [-0.1, -0.05) is 19.8 Å². The van der Waals surface area contributed by atoms with Crippen molar-refractivity contribution in [3.63, 3.8) is 0 Å². The SMILES string of the molecule is CCCNC(=O)NCCOCCOCCOCCNS(=O)(=O)C1CCCC([C@@H]2CN(C)CC3C(Cl)CC(Cl)CC32)C1. The van der Waals surface area contributed by atoms with E-state index in [9.17, 15) is 13.2 Å². The Kier molecular flexibility index (Phi) is 15.8. The Morgan fingerprint density at radius 1 is 0.829 bits per heavy atom. The van der Waals surface area contributed by atoms with Crippen molar-refractivity contribution in [3.8, 4) is 0 Å². The monoisotopic (exact) mass is 642 g/mol. The quantitative estimate of drug-likeness (QED) is 0.165. The fourth-order valence-corrected chi connectivity index (χ4v) is 9.28. The third-order valence-corrected chi connectivity index (χ3v) is 11.5. The summed E-state index contributed by atoms with van der Waals surface area (Å²) < 4.78 is 45.5. The smallest absolute Gasteiger partial charge is 0.314 e. The van der Waals surface area contributed by atoms with Crippen molar-refractivity contribution in [3.05, 3.63) is 0 Å². The Bertz CT molecular complexity index is 873. The lowest BCUT2D eigenvalue weighted by atomic mass is 9.63. The number of urea groups is 1. The standard InChI is InChI=1S/C28H52Cl2N4O6S/c1-3-7-31-28(35)32-8-10-38-12-14-40-15-13-39-11-9-33-41(36,37)23-6-4-5-21(16-23)25-19-34(2)20-26-24(25)17-22(29)18-27(26)30/h21-27,33H,3-20H2,1-2H3,(H2,31,32,35)/t21?,22?,23?,24?,25-,26?,27?/m0/s1. The number of rotatable bonds is 17. The predicted molar refractivity (Wildman–Crippen MR) is 163 cm³/mol. The molecule has 41 heavy (non-hydrogen) atoms. The van der Waals surface area contributed by atoms with Gasteiger partial charge in [0.2, 0.25) is 10.0 Å². The van der Waals surface area contributed by atoms with Crippen LogP contribution in [0, 0.1) is 23.7 Å². The molecule has 3 fully saturated rings. The van der Waals surface area contributed by atoms with Gasteiger partial charge in [-0.2, -0.15) is 0 Å². The van der Waals surface area contributed by atoms with Crippen molar-refractivity contribution in [2.45, 2.75) is 67.9 Å². The highest BCUT2D eigenvalue weighted by atomic mass is 35.5. The van der Waals surface area contributed by atoms with E-state index in [1.807, 2.05) is 6.92 Å². The molecule has 2 aliphatic carbocycles. The van der Waals surface area contributed by atoms with Gasteiger partial charge in [0.15, 0.2) is 0 Å². The predicted octanol–water partition coefficient (Wildman–Crippen LogP) is 3.03. The highest BCUT2D eigenvalue weighted by molar-refractivity contribution is 7.90. The number of nitrogens with one attached hydrogen (secondary N) is 3. The molecule has 0 aromatic rings. The molecule has 7 atom stereocenters. The number of ether oxygens (including phenoxy) is 3. The van der Waals surface area contributed by atoms with Crippen LogP contribution in [0.25, 0.3) is 0 Å². The summed E-state index contributed by atoms with van der Waals surface area (Å²) in [5.74, 6) is 1.74. The number of amides is 2. The minimum atomic E-state index is -3.42. The lowest BCUT2D eigenvalue weighted by Crippen LogP contribution is -2.54. The van der Waals surface area contributed by atoms with E-state index in [1.165, 1.54) is 0 Å². The Hall–Kier alpha value is -0.400. The summed E-state index contributed by atoms with van der Waals surface area (Å²) in [6, 6.07) is -0.185. The summed E-state index contributed by atoms with van der Waals surface area (Å²) in [7, 11) is -1.25. The number of alkyl halides is 2. The maximum atomic E-state index is 13.1. The molecule has 3 N–H and O–H groups in total. The molecule has 13 heteroatoms. The van der Waals surface area contributed by atoms with Crippen LogP contribution in [0.4, 0.5) is 4.79 Å². The molecular formula is C28H52Cl2N4O6S. The maximum absolute atomic E-state index is 13.1. The second-order valence-corrected chi connectivity index (χ2v) is 15.0. The maximum Gasteiger partial charge on any atom is 0.314 e. The Morgan fingerprint density at radius 2 is 1.46 bits per heavy atom. The van der Waals surface area contributed by atoms with Gasteiger partial charge in [-0.15, -0.1) is 23.2 Å². The lowest BCUT2D eigenvalue weighted by molar-refractivity contribution is 0.0109. The number of nitrogens with zero attached hydrogens (tertiary/aromatic N) is 1. The molecule has 0 aromatic carbocycles. The summed E-state index contributed by atoms with van der Waals surface area (Å²) in [5.41, 5.74) is 0. The van der Waals surface area contributed by atoms with E-state index in [-0.39, 0.29) is 28.6 Å². The highest BCUT2D eigenvalue weighted by Crippen LogP contribution is 2.48. The molecule has 10 nitrogen and oxygen atoms in total. The normalized spacial score (nSPS) is 31.0. The molecular weight excluding hydrogens is 591 g/mol. The van der Waals surface area contributed by atoms with Crippen LogP contribution >= 0.6 is 23.2 Å². The number of carbonyl (C=O) groups excluding carboxylic acids is 1. The van der Waals surface area contributed by atoms with Crippen LogP contribution in [0.15, 0.2) is 0 Å². The van der Waals surface area contributed by atoms with Gasteiger partial charge in [0.25, 0.3) is 0 Å². The zero-order valence-corrected chi connectivity index (χ0v) is 27.2. The minimum absolute atomic E-state index is 0.100. The van der Waals surface area contributed by atoms with E-state index in [1.54, 1.807) is 0 Å². The van der Waals surface area contributed by atoms with Crippen molar-refractivity contribution in [2.75, 3.05) is 79.4 Å². The molecule has 3 aliphatic rings. The summed E-state index contributed by atoms with van der Waals surface area (Å²) in [6.07, 6.45) is 6.17. The van der Waals surface area contributed by atoms with E-state index in [2.05, 4.69) is 27.3 Å². The largest absolute Gasteiger partial charge is 0.378 e. The van der Waals surface area contributed by atoms with E-state index in [0.29, 0.717) is 89.2 Å². The van der Waals surface area contributed by atoms with Gasteiger partial charge in [0.1, 0.15) is 0 Å². The summed E-state index contributed by atoms with van der Waals surface area (Å²) >= 11 is 13.4. The third kappa shape index (κ3) is 11.9. The molecule has 3 rings (SSSR count). The molecule has 6 unspecified atom stereocenters. The fraction of sp³-hybridized carbons (Fsp3) is 0.964. The van der Waals surface area contributed by atoms with Crippen LogP contribution in [-0.4, -0.2) is 115 Å². The number of fused-ring (bicyclic) bond motifs is 1. The van der Waals surface area contributed by atoms with Crippen LogP contribution < -0.4 is 15.4 Å². The molecule has 1 heterocycles. The number of hydrogen-bond acceptors (Lipinski definition) is 7. The minimum Gasteiger partial charge on any atom is -0.378 e. The topological polar surface area (TPSA) is 118 Å². The zero-order valence-electron chi connectivity index (χ0n) is 24.8.